The van der Waals surface area contributed by atoms with E-state index in [9.17, 15) is 9.59 Å². The molecule has 20 heavy (non-hydrogen) atoms. The highest BCUT2D eigenvalue weighted by molar-refractivity contribution is 5.99. The van der Waals surface area contributed by atoms with Crippen LogP contribution in [0.25, 0.3) is 0 Å². The zero-order chi connectivity index (χ0) is 15.2. The van der Waals surface area contributed by atoms with Crippen molar-refractivity contribution in [3.63, 3.8) is 0 Å². The van der Waals surface area contributed by atoms with Crippen molar-refractivity contribution in [3.8, 4) is 0 Å². The van der Waals surface area contributed by atoms with E-state index in [1.807, 2.05) is 10.9 Å². The topological polar surface area (TPSA) is 110 Å². The number of hydrazine groups is 2. The van der Waals surface area contributed by atoms with Crippen LogP contribution in [0.15, 0.2) is 0 Å². The van der Waals surface area contributed by atoms with E-state index in [0.717, 1.165) is 19.3 Å². The Balaban J connectivity index is 3.64. The fraction of sp³-hybridized carbons (Fsp3) is 0.857. The highest BCUT2D eigenvalue weighted by Gasteiger charge is 2.24. The van der Waals surface area contributed by atoms with Crippen molar-refractivity contribution in [1.82, 2.24) is 10.9 Å². The molecule has 6 N–H and O–H groups in total. The molecule has 0 aromatic carbocycles. The zero-order valence-corrected chi connectivity index (χ0v) is 12.6. The first-order chi connectivity index (χ1) is 9.67. The third kappa shape index (κ3) is 8.87. The van der Waals surface area contributed by atoms with Crippen LogP contribution < -0.4 is 22.5 Å². The van der Waals surface area contributed by atoms with Crippen LogP contribution in [0.4, 0.5) is 0 Å². The van der Waals surface area contributed by atoms with Crippen molar-refractivity contribution >= 4 is 11.8 Å². The second kappa shape index (κ2) is 12.9. The number of nitrogens with two attached hydrogens (primary N) is 2. The number of rotatable bonds is 12. The van der Waals surface area contributed by atoms with Crippen LogP contribution >= 0.6 is 0 Å². The predicted molar refractivity (Wildman–Crippen MR) is 80.0 cm³/mol. The summed E-state index contributed by atoms with van der Waals surface area (Å²) in [5, 5.41) is 0. The average molecular weight is 286 g/mol. The van der Waals surface area contributed by atoms with Crippen LogP contribution in [0, 0.1) is 5.92 Å². The van der Waals surface area contributed by atoms with E-state index in [4.69, 9.17) is 11.7 Å². The summed E-state index contributed by atoms with van der Waals surface area (Å²) in [5.41, 5.74) is 4.01. The molecule has 0 radical (unpaired) electrons. The largest absolute Gasteiger partial charge is 0.294 e. The summed E-state index contributed by atoms with van der Waals surface area (Å²) in [6.45, 7) is 2.21. The molecule has 0 saturated carbocycles. The van der Waals surface area contributed by atoms with Gasteiger partial charge in [0.1, 0.15) is 5.92 Å². The normalized spacial score (nSPS) is 10.6. The van der Waals surface area contributed by atoms with E-state index in [1.165, 1.54) is 38.5 Å². The van der Waals surface area contributed by atoms with E-state index in [0.29, 0.717) is 6.42 Å². The predicted octanol–water partition coefficient (Wildman–Crippen LogP) is 1.50. The molecule has 0 bridgehead atoms. The van der Waals surface area contributed by atoms with Gasteiger partial charge in [0.2, 0.25) is 11.8 Å². The molecule has 118 valence electrons. The Morgan fingerprint density at radius 3 is 1.60 bits per heavy atom. The number of carbonyl (C=O) groups excluding carboxylic acids is 2. The highest BCUT2D eigenvalue weighted by atomic mass is 16.2. The van der Waals surface area contributed by atoms with Gasteiger partial charge in [0.15, 0.2) is 0 Å². The van der Waals surface area contributed by atoms with E-state index < -0.39 is 17.7 Å². The maximum Gasteiger partial charge on any atom is 0.246 e. The molecule has 6 heteroatoms. The molecule has 0 aromatic heterocycles. The highest BCUT2D eigenvalue weighted by Crippen LogP contribution is 2.14. The lowest BCUT2D eigenvalue weighted by Crippen LogP contribution is -2.45. The lowest BCUT2D eigenvalue weighted by Gasteiger charge is -2.13. The molecular weight excluding hydrogens is 256 g/mol. The Kier molecular flexibility index (Phi) is 12.1. The lowest BCUT2D eigenvalue weighted by atomic mass is 9.98. The van der Waals surface area contributed by atoms with Crippen LogP contribution in [0.2, 0.25) is 0 Å². The second-order valence-electron chi connectivity index (χ2n) is 5.19. The molecule has 0 unspecified atom stereocenters. The maximum absolute atomic E-state index is 11.4. The van der Waals surface area contributed by atoms with Crippen molar-refractivity contribution in [2.24, 2.45) is 17.6 Å². The first kappa shape index (κ1) is 18.9. The van der Waals surface area contributed by atoms with Crippen LogP contribution in [0.5, 0.6) is 0 Å². The smallest absolute Gasteiger partial charge is 0.246 e. The van der Waals surface area contributed by atoms with Crippen molar-refractivity contribution in [1.29, 1.82) is 0 Å². The van der Waals surface area contributed by atoms with Crippen molar-refractivity contribution in [2.45, 2.75) is 71.1 Å². The summed E-state index contributed by atoms with van der Waals surface area (Å²) in [4.78, 5) is 22.9. The van der Waals surface area contributed by atoms with Gasteiger partial charge in [0.05, 0.1) is 0 Å². The molecule has 0 aliphatic rings. The molecule has 0 aliphatic heterocycles. The number of carbonyl (C=O) groups is 2. The van der Waals surface area contributed by atoms with Crippen molar-refractivity contribution in [2.75, 3.05) is 0 Å². The van der Waals surface area contributed by atoms with Gasteiger partial charge in [-0.05, 0) is 6.42 Å². The van der Waals surface area contributed by atoms with Crippen LogP contribution in [0.3, 0.4) is 0 Å². The number of unbranched alkanes of at least 4 members (excludes halogenated alkanes) is 8. The van der Waals surface area contributed by atoms with Crippen molar-refractivity contribution in [3.05, 3.63) is 0 Å². The molecule has 6 nitrogen and oxygen atoms in total. The maximum atomic E-state index is 11.4. The Bertz CT molecular complexity index is 256. The third-order valence-electron chi connectivity index (χ3n) is 3.51. The van der Waals surface area contributed by atoms with Crippen LogP contribution in [0.1, 0.15) is 71.1 Å². The van der Waals surface area contributed by atoms with E-state index in [1.54, 1.807) is 0 Å². The molecule has 0 aliphatic carbocycles. The van der Waals surface area contributed by atoms with E-state index >= 15 is 0 Å². The number of hydrogen-bond acceptors (Lipinski definition) is 4. The minimum absolute atomic E-state index is 0.479. The summed E-state index contributed by atoms with van der Waals surface area (Å²) in [6.07, 6.45) is 11.2. The molecule has 0 spiro atoms. The first-order valence-corrected chi connectivity index (χ1v) is 7.68. The van der Waals surface area contributed by atoms with Gasteiger partial charge >= 0.3 is 0 Å². The molecule has 0 aromatic rings. The van der Waals surface area contributed by atoms with Gasteiger partial charge in [-0.15, -0.1) is 0 Å². The van der Waals surface area contributed by atoms with Crippen LogP contribution in [-0.4, -0.2) is 11.8 Å². The van der Waals surface area contributed by atoms with Gasteiger partial charge < -0.3 is 0 Å². The third-order valence-corrected chi connectivity index (χ3v) is 3.51. The molecule has 0 saturated heterocycles. The summed E-state index contributed by atoms with van der Waals surface area (Å²) < 4.78 is 0. The van der Waals surface area contributed by atoms with Gasteiger partial charge in [-0.2, -0.15) is 0 Å². The van der Waals surface area contributed by atoms with Gasteiger partial charge in [0, 0.05) is 0 Å². The Hall–Kier alpha value is -1.14. The van der Waals surface area contributed by atoms with Gasteiger partial charge in [0.25, 0.3) is 0 Å². The fourth-order valence-electron chi connectivity index (χ4n) is 2.24. The number of hydrogen-bond donors (Lipinski definition) is 4. The van der Waals surface area contributed by atoms with Crippen molar-refractivity contribution < 1.29 is 9.59 Å². The number of amides is 2. The average Bonchev–Trinajstić information content (AvgIpc) is 2.48. The van der Waals surface area contributed by atoms with E-state index in [-0.39, 0.29) is 0 Å². The van der Waals surface area contributed by atoms with E-state index in [2.05, 4.69) is 6.92 Å². The summed E-state index contributed by atoms with van der Waals surface area (Å²) in [7, 11) is 0. The molecular formula is C14H30N4O2. The quantitative estimate of drug-likeness (QED) is 0.143. The Morgan fingerprint density at radius 2 is 1.20 bits per heavy atom. The van der Waals surface area contributed by atoms with Gasteiger partial charge in [-0.1, -0.05) is 64.7 Å². The second-order valence-corrected chi connectivity index (χ2v) is 5.19. The monoisotopic (exact) mass is 286 g/mol. The first-order valence-electron chi connectivity index (χ1n) is 7.68. The Labute approximate surface area is 122 Å². The SMILES string of the molecule is CCCCCCCCCCCC(C(=O)NN)C(=O)NN. The van der Waals surface area contributed by atoms with Gasteiger partial charge in [-0.3, -0.25) is 20.4 Å². The fourth-order valence-corrected chi connectivity index (χ4v) is 2.24. The molecule has 0 rings (SSSR count). The lowest BCUT2D eigenvalue weighted by molar-refractivity contribution is -0.135. The molecule has 0 atom stereocenters. The summed E-state index contributed by atoms with van der Waals surface area (Å²) in [6, 6.07) is 0. The minimum atomic E-state index is -0.783. The molecule has 0 fully saturated rings. The molecule has 2 amide bonds. The summed E-state index contributed by atoms with van der Waals surface area (Å²) >= 11 is 0. The molecule has 0 heterocycles. The standard InChI is InChI=1S/C14H30N4O2/c1-2-3-4-5-6-7-8-9-10-11-12(13(19)17-15)14(20)18-16/h12H,2-11,15-16H2,1H3,(H,17,19)(H,18,20). The van der Waals surface area contributed by atoms with Gasteiger partial charge in [-0.25, -0.2) is 11.7 Å². The summed E-state index contributed by atoms with van der Waals surface area (Å²) in [5.74, 6) is 8.37. The van der Waals surface area contributed by atoms with Crippen LogP contribution in [-0.2, 0) is 9.59 Å². The minimum Gasteiger partial charge on any atom is -0.294 e. The Morgan fingerprint density at radius 1 is 0.800 bits per heavy atom. The zero-order valence-electron chi connectivity index (χ0n) is 12.6. The number of nitrogens with one attached hydrogen (secondary N) is 2.